The van der Waals surface area contributed by atoms with E-state index in [4.69, 9.17) is 5.11 Å². The van der Waals surface area contributed by atoms with Gasteiger partial charge in [-0.1, -0.05) is 19.3 Å². The van der Waals surface area contributed by atoms with Crippen LogP contribution in [0.25, 0.3) is 0 Å². The number of carbonyl (C=O) groups is 2. The van der Waals surface area contributed by atoms with Crippen molar-refractivity contribution in [1.82, 2.24) is 4.90 Å². The number of carboxylic acid groups (broad SMARTS) is 1. The Morgan fingerprint density at radius 1 is 1.00 bits per heavy atom. The molecule has 4 heteroatoms. The van der Waals surface area contributed by atoms with Crippen molar-refractivity contribution >= 4 is 11.9 Å². The second kappa shape index (κ2) is 6.21. The van der Waals surface area contributed by atoms with Crippen LogP contribution in [0, 0.1) is 5.92 Å². The van der Waals surface area contributed by atoms with Gasteiger partial charge in [0.05, 0.1) is 0 Å². The summed E-state index contributed by atoms with van der Waals surface area (Å²) in [6, 6.07) is -0.574. The Balaban J connectivity index is 1.91. The molecule has 1 saturated carbocycles. The third-order valence-corrected chi connectivity index (χ3v) is 4.30. The number of piperidine rings is 1. The monoisotopic (exact) mass is 253 g/mol. The Morgan fingerprint density at radius 3 is 2.33 bits per heavy atom. The zero-order valence-electron chi connectivity index (χ0n) is 10.9. The molecule has 0 unspecified atom stereocenters. The molecular formula is C14H23NO3. The van der Waals surface area contributed by atoms with Crippen LogP contribution in [0.2, 0.25) is 0 Å². The fourth-order valence-electron chi connectivity index (χ4n) is 3.24. The highest BCUT2D eigenvalue weighted by Gasteiger charge is 2.32. The zero-order valence-corrected chi connectivity index (χ0v) is 10.9. The van der Waals surface area contributed by atoms with Crippen molar-refractivity contribution in [3.05, 3.63) is 0 Å². The Bertz CT molecular complexity index is 310. The fourth-order valence-corrected chi connectivity index (χ4v) is 3.24. The molecule has 1 saturated heterocycles. The SMILES string of the molecule is O=C(O)[C@H]1CCCCN1C(=O)CC1CCCCC1. The van der Waals surface area contributed by atoms with Crippen LogP contribution in [0.5, 0.6) is 0 Å². The van der Waals surface area contributed by atoms with E-state index in [-0.39, 0.29) is 5.91 Å². The van der Waals surface area contributed by atoms with Crippen LogP contribution in [0.4, 0.5) is 0 Å². The van der Waals surface area contributed by atoms with Gasteiger partial charge < -0.3 is 10.0 Å². The normalized spacial score (nSPS) is 26.0. The summed E-state index contributed by atoms with van der Waals surface area (Å²) in [6.45, 7) is 0.628. The van der Waals surface area contributed by atoms with Crippen LogP contribution < -0.4 is 0 Å². The summed E-state index contributed by atoms with van der Waals surface area (Å²) in [7, 11) is 0. The van der Waals surface area contributed by atoms with E-state index in [1.807, 2.05) is 0 Å². The molecule has 0 aromatic carbocycles. The molecular weight excluding hydrogens is 230 g/mol. The predicted octanol–water partition coefficient (Wildman–Crippen LogP) is 2.42. The van der Waals surface area contributed by atoms with Crippen LogP contribution in [0.1, 0.15) is 57.8 Å². The first-order valence-corrected chi connectivity index (χ1v) is 7.21. The second-order valence-electron chi connectivity index (χ2n) is 5.65. The molecule has 1 aliphatic carbocycles. The lowest BCUT2D eigenvalue weighted by Gasteiger charge is -2.34. The van der Waals surface area contributed by atoms with E-state index in [0.29, 0.717) is 25.3 Å². The summed E-state index contributed by atoms with van der Waals surface area (Å²) in [6.07, 6.45) is 9.04. The third-order valence-electron chi connectivity index (χ3n) is 4.30. The Kier molecular flexibility index (Phi) is 4.61. The van der Waals surface area contributed by atoms with Gasteiger partial charge in [-0.3, -0.25) is 4.79 Å². The van der Waals surface area contributed by atoms with Gasteiger partial charge in [-0.25, -0.2) is 4.79 Å². The van der Waals surface area contributed by atoms with Gasteiger partial charge in [0.2, 0.25) is 5.91 Å². The Hall–Kier alpha value is -1.06. The molecule has 2 rings (SSSR count). The van der Waals surface area contributed by atoms with Crippen molar-refractivity contribution in [2.45, 2.75) is 63.8 Å². The molecule has 0 bridgehead atoms. The molecule has 0 aromatic heterocycles. The second-order valence-corrected chi connectivity index (χ2v) is 5.65. The third kappa shape index (κ3) is 3.24. The van der Waals surface area contributed by atoms with Gasteiger partial charge >= 0.3 is 5.97 Å². The number of rotatable bonds is 3. The number of carboxylic acids is 1. The van der Waals surface area contributed by atoms with Crippen LogP contribution >= 0.6 is 0 Å². The smallest absolute Gasteiger partial charge is 0.326 e. The van der Waals surface area contributed by atoms with Gasteiger partial charge in [-0.15, -0.1) is 0 Å². The maximum absolute atomic E-state index is 12.2. The first kappa shape index (κ1) is 13.4. The number of aliphatic carboxylic acids is 1. The molecule has 1 atom stereocenters. The molecule has 4 nitrogen and oxygen atoms in total. The number of likely N-dealkylation sites (tertiary alicyclic amines) is 1. The number of carbonyl (C=O) groups excluding carboxylic acids is 1. The molecule has 2 fully saturated rings. The summed E-state index contributed by atoms with van der Waals surface area (Å²) in [4.78, 5) is 25.0. The van der Waals surface area contributed by atoms with Crippen molar-refractivity contribution in [3.63, 3.8) is 0 Å². The number of hydrogen-bond donors (Lipinski definition) is 1. The molecule has 102 valence electrons. The van der Waals surface area contributed by atoms with Crippen LogP contribution in [0.15, 0.2) is 0 Å². The highest BCUT2D eigenvalue weighted by atomic mass is 16.4. The lowest BCUT2D eigenvalue weighted by Crippen LogP contribution is -2.48. The van der Waals surface area contributed by atoms with E-state index in [2.05, 4.69) is 0 Å². The van der Waals surface area contributed by atoms with Crippen molar-refractivity contribution in [2.75, 3.05) is 6.54 Å². The molecule has 1 heterocycles. The van der Waals surface area contributed by atoms with Crippen molar-refractivity contribution in [3.8, 4) is 0 Å². The quantitative estimate of drug-likeness (QED) is 0.840. The molecule has 1 N–H and O–H groups in total. The Labute approximate surface area is 108 Å². The lowest BCUT2D eigenvalue weighted by molar-refractivity contribution is -0.152. The van der Waals surface area contributed by atoms with E-state index in [1.54, 1.807) is 4.90 Å². The number of amides is 1. The van der Waals surface area contributed by atoms with E-state index in [1.165, 1.54) is 19.3 Å². The van der Waals surface area contributed by atoms with Gasteiger partial charge in [-0.2, -0.15) is 0 Å². The van der Waals surface area contributed by atoms with E-state index in [0.717, 1.165) is 25.7 Å². The standard InChI is InChI=1S/C14H23NO3/c16-13(10-11-6-2-1-3-7-11)15-9-5-4-8-12(15)14(17)18/h11-12H,1-10H2,(H,17,18)/t12-/m1/s1. The van der Waals surface area contributed by atoms with E-state index < -0.39 is 12.0 Å². The largest absolute Gasteiger partial charge is 0.480 e. The topological polar surface area (TPSA) is 57.6 Å². The minimum absolute atomic E-state index is 0.0639. The molecule has 0 aromatic rings. The highest BCUT2D eigenvalue weighted by molar-refractivity contribution is 5.84. The van der Waals surface area contributed by atoms with Gasteiger partial charge in [0.25, 0.3) is 0 Å². The molecule has 1 amide bonds. The van der Waals surface area contributed by atoms with Gasteiger partial charge in [0.1, 0.15) is 6.04 Å². The maximum atomic E-state index is 12.2. The lowest BCUT2D eigenvalue weighted by atomic mass is 9.86. The van der Waals surface area contributed by atoms with Crippen molar-refractivity contribution in [2.24, 2.45) is 5.92 Å². The molecule has 18 heavy (non-hydrogen) atoms. The van der Waals surface area contributed by atoms with E-state index in [9.17, 15) is 9.59 Å². The predicted molar refractivity (Wildman–Crippen MR) is 68.2 cm³/mol. The van der Waals surface area contributed by atoms with Crippen LogP contribution in [0.3, 0.4) is 0 Å². The first-order chi connectivity index (χ1) is 8.68. The maximum Gasteiger partial charge on any atom is 0.326 e. The van der Waals surface area contributed by atoms with Crippen molar-refractivity contribution < 1.29 is 14.7 Å². The first-order valence-electron chi connectivity index (χ1n) is 7.21. The average Bonchev–Trinajstić information content (AvgIpc) is 2.40. The summed E-state index contributed by atoms with van der Waals surface area (Å²) in [5, 5.41) is 9.17. The highest BCUT2D eigenvalue weighted by Crippen LogP contribution is 2.28. The minimum Gasteiger partial charge on any atom is -0.480 e. The van der Waals surface area contributed by atoms with Crippen LogP contribution in [-0.2, 0) is 9.59 Å². The fraction of sp³-hybridized carbons (Fsp3) is 0.857. The summed E-state index contributed by atoms with van der Waals surface area (Å²) in [5.41, 5.74) is 0. The molecule has 0 spiro atoms. The molecule has 1 aliphatic heterocycles. The van der Waals surface area contributed by atoms with Crippen LogP contribution in [-0.4, -0.2) is 34.5 Å². The van der Waals surface area contributed by atoms with Crippen molar-refractivity contribution in [1.29, 1.82) is 0 Å². The Morgan fingerprint density at radius 2 is 1.67 bits per heavy atom. The summed E-state index contributed by atoms with van der Waals surface area (Å²) < 4.78 is 0. The van der Waals surface area contributed by atoms with Gasteiger partial charge in [0.15, 0.2) is 0 Å². The molecule has 0 radical (unpaired) electrons. The number of nitrogens with zero attached hydrogens (tertiary/aromatic N) is 1. The van der Waals surface area contributed by atoms with Gasteiger partial charge in [0, 0.05) is 13.0 Å². The van der Waals surface area contributed by atoms with Gasteiger partial charge in [-0.05, 0) is 38.0 Å². The number of hydrogen-bond acceptors (Lipinski definition) is 2. The summed E-state index contributed by atoms with van der Waals surface area (Å²) in [5.74, 6) is -0.289. The summed E-state index contributed by atoms with van der Waals surface area (Å²) >= 11 is 0. The average molecular weight is 253 g/mol. The minimum atomic E-state index is -0.841. The van der Waals surface area contributed by atoms with E-state index >= 15 is 0 Å². The zero-order chi connectivity index (χ0) is 13.0. The molecule has 2 aliphatic rings.